The summed E-state index contributed by atoms with van der Waals surface area (Å²) in [5.41, 5.74) is 2.12. The van der Waals surface area contributed by atoms with Crippen LogP contribution in [0.5, 0.6) is 0 Å². The molecule has 2 bridgehead atoms. The second kappa shape index (κ2) is 9.85. The molecule has 220 valence electrons. The van der Waals surface area contributed by atoms with E-state index in [1.165, 1.54) is 29.4 Å². The number of fused-ring (bicyclic) bond motifs is 3. The minimum Gasteiger partial charge on any atom is -0.366 e. The summed E-state index contributed by atoms with van der Waals surface area (Å²) in [6.45, 7) is 2.76. The van der Waals surface area contributed by atoms with Crippen molar-refractivity contribution in [2.75, 3.05) is 42.7 Å². The van der Waals surface area contributed by atoms with Crippen molar-refractivity contribution in [3.8, 4) is 10.6 Å². The molecule has 2 unspecified atom stereocenters. The van der Waals surface area contributed by atoms with Crippen LogP contribution in [0.25, 0.3) is 10.6 Å². The van der Waals surface area contributed by atoms with E-state index in [4.69, 9.17) is 0 Å². The number of likely N-dealkylation sites (N-methyl/N-ethyl adjacent to an activating group) is 1. The lowest BCUT2D eigenvalue weighted by Gasteiger charge is -2.34. The van der Waals surface area contributed by atoms with Gasteiger partial charge in [0.25, 0.3) is 5.91 Å². The fourth-order valence-corrected chi connectivity index (χ4v) is 9.00. The second-order valence-electron chi connectivity index (χ2n) is 12.1. The van der Waals surface area contributed by atoms with Crippen molar-refractivity contribution in [1.29, 1.82) is 0 Å². The number of hydrogen-bond acceptors (Lipinski definition) is 8. The maximum Gasteiger partial charge on any atom is 0.420 e. The Balaban J connectivity index is 1.12. The highest BCUT2D eigenvalue weighted by Gasteiger charge is 2.42. The molecule has 4 fully saturated rings. The van der Waals surface area contributed by atoms with Gasteiger partial charge in [0.05, 0.1) is 10.6 Å². The lowest BCUT2D eigenvalue weighted by atomic mass is 10.1. The quantitative estimate of drug-likeness (QED) is 0.343. The fourth-order valence-electron chi connectivity index (χ4n) is 6.68. The largest absolute Gasteiger partial charge is 0.420 e. The summed E-state index contributed by atoms with van der Waals surface area (Å²) < 4.78 is 42.5. The van der Waals surface area contributed by atoms with E-state index in [1.807, 2.05) is 11.0 Å². The van der Waals surface area contributed by atoms with Crippen molar-refractivity contribution >= 4 is 46.3 Å². The van der Waals surface area contributed by atoms with Gasteiger partial charge in [-0.1, -0.05) is 0 Å². The number of nitrogens with zero attached hydrogens (tertiary/aromatic N) is 5. The van der Waals surface area contributed by atoms with Crippen LogP contribution in [-0.2, 0) is 6.18 Å². The number of rotatable bonds is 6. The first-order valence-corrected chi connectivity index (χ1v) is 16.4. The van der Waals surface area contributed by atoms with Crippen molar-refractivity contribution in [3.05, 3.63) is 46.5 Å². The van der Waals surface area contributed by atoms with Crippen LogP contribution in [0.1, 0.15) is 58.8 Å². The molecule has 7 nitrogen and oxygen atoms in total. The van der Waals surface area contributed by atoms with Crippen molar-refractivity contribution in [2.45, 2.75) is 67.2 Å². The van der Waals surface area contributed by atoms with Gasteiger partial charge in [-0.25, -0.2) is 9.97 Å². The number of nitrogens with one attached hydrogen (secondary N) is 1. The van der Waals surface area contributed by atoms with Crippen molar-refractivity contribution in [2.24, 2.45) is 0 Å². The standard InChI is InChI=1S/C30H31F3N6OS2/c1-37-14-20-10-19(37)15-39(20)18-6-7-23(21(11-18)16-2-3-16)35-29-34-13-22(30(31,32)33)26(36-29)24-12-25-27(42-24)28(40)38(8-9-41-25)17-4-5-17/h6-7,11-13,16-17,19-20H,2-5,8-10,14-15H2,1H3,(H,34,35,36). The Kier molecular flexibility index (Phi) is 6.28. The highest BCUT2D eigenvalue weighted by Crippen LogP contribution is 2.47. The first kappa shape index (κ1) is 26.8. The molecule has 0 spiro atoms. The van der Waals surface area contributed by atoms with E-state index >= 15 is 0 Å². The molecule has 0 radical (unpaired) electrons. The zero-order chi connectivity index (χ0) is 28.7. The Morgan fingerprint density at radius 3 is 2.55 bits per heavy atom. The van der Waals surface area contributed by atoms with Crippen LogP contribution in [0.4, 0.5) is 30.5 Å². The Bertz CT molecular complexity index is 1570. The molecule has 2 atom stereocenters. The number of hydrogen-bond donors (Lipinski definition) is 1. The maximum absolute atomic E-state index is 14.2. The number of carbonyl (C=O) groups excluding carboxylic acids is 1. The van der Waals surface area contributed by atoms with Gasteiger partial charge in [-0.3, -0.25) is 9.69 Å². The monoisotopic (exact) mass is 612 g/mol. The van der Waals surface area contributed by atoms with E-state index in [1.54, 1.807) is 6.07 Å². The molecule has 42 heavy (non-hydrogen) atoms. The highest BCUT2D eigenvalue weighted by molar-refractivity contribution is 7.99. The number of carbonyl (C=O) groups is 1. The third-order valence-electron chi connectivity index (χ3n) is 9.20. The molecule has 2 aliphatic carbocycles. The van der Waals surface area contributed by atoms with Crippen LogP contribution >= 0.6 is 23.1 Å². The van der Waals surface area contributed by atoms with E-state index in [9.17, 15) is 18.0 Å². The molecule has 2 saturated carbocycles. The van der Waals surface area contributed by atoms with Crippen LogP contribution in [0.3, 0.4) is 0 Å². The average Bonchev–Trinajstić information content (AvgIpc) is 3.88. The van der Waals surface area contributed by atoms with Gasteiger partial charge < -0.3 is 15.1 Å². The van der Waals surface area contributed by atoms with E-state index in [0.29, 0.717) is 34.3 Å². The highest BCUT2D eigenvalue weighted by atomic mass is 32.2. The predicted octanol–water partition coefficient (Wildman–Crippen LogP) is 6.45. The number of thiophene rings is 1. The number of piperazine rings is 1. The molecule has 2 saturated heterocycles. The summed E-state index contributed by atoms with van der Waals surface area (Å²) in [6, 6.07) is 9.44. The van der Waals surface area contributed by atoms with Crippen molar-refractivity contribution in [3.63, 3.8) is 0 Å². The number of likely N-dealkylation sites (tertiary alicyclic amines) is 1. The second-order valence-corrected chi connectivity index (χ2v) is 14.3. The van der Waals surface area contributed by atoms with Gasteiger partial charge in [0.15, 0.2) is 0 Å². The van der Waals surface area contributed by atoms with Crippen LogP contribution in [0.2, 0.25) is 0 Å². The molecule has 1 aromatic carbocycles. The van der Waals surface area contributed by atoms with Gasteiger partial charge in [0, 0.05) is 66.0 Å². The number of thioether (sulfide) groups is 1. The average molecular weight is 613 g/mol. The van der Waals surface area contributed by atoms with Crippen LogP contribution in [0, 0.1) is 0 Å². The van der Waals surface area contributed by atoms with E-state index in [0.717, 1.165) is 72.6 Å². The normalized spacial score (nSPS) is 24.3. The Labute approximate surface area is 250 Å². The number of alkyl halides is 3. The summed E-state index contributed by atoms with van der Waals surface area (Å²) in [4.78, 5) is 30.2. The fraction of sp³-hybridized carbons (Fsp3) is 0.500. The predicted molar refractivity (Wildman–Crippen MR) is 159 cm³/mol. The lowest BCUT2D eigenvalue weighted by Crippen LogP contribution is -2.44. The summed E-state index contributed by atoms with van der Waals surface area (Å²) in [7, 11) is 2.19. The lowest BCUT2D eigenvalue weighted by molar-refractivity contribution is -0.137. The van der Waals surface area contributed by atoms with Crippen LogP contribution < -0.4 is 10.2 Å². The molecule has 5 heterocycles. The smallest absolute Gasteiger partial charge is 0.366 e. The Morgan fingerprint density at radius 2 is 1.86 bits per heavy atom. The molecular weight excluding hydrogens is 581 g/mol. The third-order valence-corrected chi connectivity index (χ3v) is 11.5. The number of benzene rings is 1. The number of halogens is 3. The summed E-state index contributed by atoms with van der Waals surface area (Å²) in [5.74, 6) is 1.19. The first-order valence-electron chi connectivity index (χ1n) is 14.6. The first-order chi connectivity index (χ1) is 20.2. The van der Waals surface area contributed by atoms with Gasteiger partial charge in [-0.15, -0.1) is 23.1 Å². The van der Waals surface area contributed by atoms with Gasteiger partial charge in [0.2, 0.25) is 5.95 Å². The zero-order valence-electron chi connectivity index (χ0n) is 23.2. The molecule has 5 aliphatic rings. The minimum atomic E-state index is -4.63. The number of aromatic nitrogens is 2. The zero-order valence-corrected chi connectivity index (χ0v) is 24.8. The SMILES string of the molecule is CN1CC2CC1CN2c1ccc(Nc2ncc(C(F)(F)F)c(-c3cc4c(s3)C(=O)N(C3CC3)CCS4)n2)c(C2CC2)c1. The van der Waals surface area contributed by atoms with E-state index in [-0.39, 0.29) is 23.6 Å². The molecule has 1 N–H and O–H groups in total. The van der Waals surface area contributed by atoms with Gasteiger partial charge in [-0.2, -0.15) is 13.2 Å². The number of anilines is 3. The molecule has 8 rings (SSSR count). The van der Waals surface area contributed by atoms with Crippen LogP contribution in [-0.4, -0.2) is 76.2 Å². The Morgan fingerprint density at radius 1 is 1.02 bits per heavy atom. The third kappa shape index (κ3) is 4.75. The Hall–Kier alpha value is -2.83. The minimum absolute atomic E-state index is 0.0817. The van der Waals surface area contributed by atoms with Crippen molar-refractivity contribution < 1.29 is 18.0 Å². The molecule has 12 heteroatoms. The molecule has 3 aromatic rings. The molecule has 1 amide bonds. The number of amides is 1. The van der Waals surface area contributed by atoms with E-state index < -0.39 is 11.7 Å². The maximum atomic E-state index is 14.2. The van der Waals surface area contributed by atoms with Crippen molar-refractivity contribution in [1.82, 2.24) is 19.8 Å². The topological polar surface area (TPSA) is 64.6 Å². The van der Waals surface area contributed by atoms with Gasteiger partial charge in [0.1, 0.15) is 10.4 Å². The van der Waals surface area contributed by atoms with E-state index in [2.05, 4.69) is 44.3 Å². The molecular formula is C30H31F3N6OS2. The summed E-state index contributed by atoms with van der Waals surface area (Å²) in [6.07, 6.45) is 1.59. The van der Waals surface area contributed by atoms with Gasteiger partial charge in [-0.05, 0) is 74.9 Å². The summed E-state index contributed by atoms with van der Waals surface area (Å²) in [5, 5.41) is 3.26. The summed E-state index contributed by atoms with van der Waals surface area (Å²) >= 11 is 2.63. The molecule has 2 aromatic heterocycles. The molecule has 3 aliphatic heterocycles. The van der Waals surface area contributed by atoms with Crippen LogP contribution in [0.15, 0.2) is 35.4 Å². The van der Waals surface area contributed by atoms with Gasteiger partial charge >= 0.3 is 6.18 Å².